The fraction of sp³-hybridized carbons (Fsp3) is 0. The molecule has 0 amide bonds. The van der Waals surface area contributed by atoms with Crippen LogP contribution in [0.2, 0.25) is 5.02 Å². The maximum atomic E-state index is 12.0. The second-order valence-corrected chi connectivity index (χ2v) is 7.72. The highest BCUT2D eigenvalue weighted by Gasteiger charge is 2.18. The Kier molecular flexibility index (Phi) is 3.72. The topological polar surface area (TPSA) is 59.1 Å². The zero-order valence-corrected chi connectivity index (χ0v) is 12.2. The van der Waals surface area contributed by atoms with E-state index in [1.54, 1.807) is 12.1 Å². The lowest BCUT2D eigenvalue weighted by Crippen LogP contribution is -2.11. The summed E-state index contributed by atoms with van der Waals surface area (Å²) >= 11 is 10.0. The molecule has 8 heteroatoms. The van der Waals surface area contributed by atoms with E-state index < -0.39 is 10.0 Å². The maximum absolute atomic E-state index is 12.0. The van der Waals surface area contributed by atoms with E-state index >= 15 is 0 Å². The van der Waals surface area contributed by atoms with Gasteiger partial charge in [0.25, 0.3) is 10.0 Å². The van der Waals surface area contributed by atoms with E-state index in [0.29, 0.717) is 14.5 Å². The number of anilines is 1. The van der Waals surface area contributed by atoms with Gasteiger partial charge in [-0.25, -0.2) is 8.42 Å². The lowest BCUT2D eigenvalue weighted by Gasteiger charge is -2.04. The zero-order chi connectivity index (χ0) is 12.5. The summed E-state index contributed by atoms with van der Waals surface area (Å²) in [5, 5.41) is 0.380. The van der Waals surface area contributed by atoms with Crippen molar-refractivity contribution in [2.45, 2.75) is 4.21 Å². The van der Waals surface area contributed by atoms with Gasteiger partial charge in [0, 0.05) is 12.4 Å². The Hall–Kier alpha value is -0.630. The molecule has 4 nitrogen and oxygen atoms in total. The van der Waals surface area contributed by atoms with Crippen LogP contribution in [0.25, 0.3) is 0 Å². The third kappa shape index (κ3) is 2.98. The molecule has 0 aliphatic rings. The Morgan fingerprint density at radius 2 is 2.00 bits per heavy atom. The van der Waals surface area contributed by atoms with Crippen molar-refractivity contribution in [3.8, 4) is 0 Å². The van der Waals surface area contributed by atoms with Crippen LogP contribution < -0.4 is 4.72 Å². The number of thiophene rings is 1. The fourth-order valence-electron chi connectivity index (χ4n) is 1.08. The van der Waals surface area contributed by atoms with Gasteiger partial charge < -0.3 is 0 Å². The summed E-state index contributed by atoms with van der Waals surface area (Å²) in [5.74, 6) is 0. The molecule has 0 spiro atoms. The predicted octanol–water partition coefficient (Wildman–Crippen LogP) is 3.36. The van der Waals surface area contributed by atoms with Gasteiger partial charge in [-0.1, -0.05) is 11.6 Å². The van der Waals surface area contributed by atoms with Crippen LogP contribution in [0.4, 0.5) is 5.69 Å². The molecule has 0 fully saturated rings. The summed E-state index contributed by atoms with van der Waals surface area (Å²) in [4.78, 5) is 3.81. The van der Waals surface area contributed by atoms with E-state index in [2.05, 4.69) is 25.6 Å². The van der Waals surface area contributed by atoms with Crippen LogP contribution in [0.15, 0.2) is 38.6 Å². The van der Waals surface area contributed by atoms with Crippen LogP contribution in [0.5, 0.6) is 0 Å². The average molecular weight is 354 g/mol. The van der Waals surface area contributed by atoms with E-state index in [1.165, 1.54) is 18.5 Å². The van der Waals surface area contributed by atoms with Gasteiger partial charge >= 0.3 is 0 Å². The minimum Gasteiger partial charge on any atom is -0.279 e. The number of pyridine rings is 1. The standard InChI is InChI=1S/C9H6BrClN2O2S2/c10-9-7(11)5-8(16-9)17(14,15)13-6-1-3-12-4-2-6/h1-5H,(H,12,13). The largest absolute Gasteiger partial charge is 0.279 e. The van der Waals surface area contributed by atoms with Crippen LogP contribution in [0.3, 0.4) is 0 Å². The quantitative estimate of drug-likeness (QED) is 0.920. The van der Waals surface area contributed by atoms with Gasteiger partial charge in [0.1, 0.15) is 4.21 Å². The lowest BCUT2D eigenvalue weighted by atomic mass is 10.4. The second-order valence-electron chi connectivity index (χ2n) is 3.03. The van der Waals surface area contributed by atoms with Crippen molar-refractivity contribution < 1.29 is 8.42 Å². The molecule has 90 valence electrons. The van der Waals surface area contributed by atoms with Crippen LogP contribution in [0, 0.1) is 0 Å². The molecule has 0 atom stereocenters. The first kappa shape index (κ1) is 12.8. The number of sulfonamides is 1. The number of nitrogens with zero attached hydrogens (tertiary/aromatic N) is 1. The molecule has 0 aliphatic carbocycles. The summed E-state index contributed by atoms with van der Waals surface area (Å²) in [7, 11) is -3.59. The maximum Gasteiger partial charge on any atom is 0.271 e. The zero-order valence-electron chi connectivity index (χ0n) is 8.22. The molecule has 2 heterocycles. The summed E-state index contributed by atoms with van der Waals surface area (Å²) in [6.45, 7) is 0. The summed E-state index contributed by atoms with van der Waals surface area (Å²) < 4.78 is 27.1. The molecule has 0 bridgehead atoms. The minimum absolute atomic E-state index is 0.159. The molecular formula is C9H6BrClN2O2S2. The molecule has 0 radical (unpaired) electrons. The van der Waals surface area contributed by atoms with Gasteiger partial charge in [-0.15, -0.1) is 11.3 Å². The fourth-order valence-corrected chi connectivity index (χ4v) is 4.54. The van der Waals surface area contributed by atoms with Crippen LogP contribution >= 0.6 is 38.9 Å². The van der Waals surface area contributed by atoms with E-state index in [1.807, 2.05) is 0 Å². The van der Waals surface area contributed by atoms with Gasteiger partial charge in [0.2, 0.25) is 0 Å². The third-order valence-corrected chi connectivity index (χ3v) is 6.15. The highest BCUT2D eigenvalue weighted by atomic mass is 79.9. The van der Waals surface area contributed by atoms with Crippen LogP contribution in [0.1, 0.15) is 0 Å². The van der Waals surface area contributed by atoms with E-state index in [9.17, 15) is 8.42 Å². The van der Waals surface area contributed by atoms with Gasteiger partial charge in [0.15, 0.2) is 0 Å². The lowest BCUT2D eigenvalue weighted by molar-refractivity contribution is 0.603. The third-order valence-electron chi connectivity index (χ3n) is 1.82. The van der Waals surface area contributed by atoms with Crippen molar-refractivity contribution >= 4 is 54.6 Å². The van der Waals surface area contributed by atoms with E-state index in [-0.39, 0.29) is 4.21 Å². The van der Waals surface area contributed by atoms with Crippen molar-refractivity contribution in [1.29, 1.82) is 0 Å². The van der Waals surface area contributed by atoms with Crippen molar-refractivity contribution in [1.82, 2.24) is 4.98 Å². The molecule has 0 saturated carbocycles. The van der Waals surface area contributed by atoms with Crippen molar-refractivity contribution in [2.75, 3.05) is 4.72 Å². The Labute approximate surface area is 116 Å². The Balaban J connectivity index is 2.32. The van der Waals surface area contributed by atoms with Gasteiger partial charge in [-0.2, -0.15) is 0 Å². The molecule has 0 aliphatic heterocycles. The molecule has 2 aromatic heterocycles. The summed E-state index contributed by atoms with van der Waals surface area (Å²) in [6.07, 6.45) is 3.02. The number of hydrogen-bond donors (Lipinski definition) is 1. The van der Waals surface area contributed by atoms with Crippen molar-refractivity contribution in [3.05, 3.63) is 39.4 Å². The Bertz CT molecular complexity index is 608. The Morgan fingerprint density at radius 1 is 1.35 bits per heavy atom. The van der Waals surface area contributed by atoms with Crippen molar-refractivity contribution in [3.63, 3.8) is 0 Å². The number of halogens is 2. The molecule has 0 unspecified atom stereocenters. The molecule has 0 saturated heterocycles. The summed E-state index contributed by atoms with van der Waals surface area (Å²) in [5.41, 5.74) is 0.459. The first-order valence-electron chi connectivity index (χ1n) is 4.37. The Morgan fingerprint density at radius 3 is 2.53 bits per heavy atom. The number of hydrogen-bond acceptors (Lipinski definition) is 4. The van der Waals surface area contributed by atoms with Gasteiger partial charge in [-0.05, 0) is 34.1 Å². The smallest absolute Gasteiger partial charge is 0.271 e. The first-order valence-corrected chi connectivity index (χ1v) is 7.84. The molecule has 17 heavy (non-hydrogen) atoms. The molecule has 2 aromatic rings. The van der Waals surface area contributed by atoms with Gasteiger partial charge in [-0.3, -0.25) is 9.71 Å². The SMILES string of the molecule is O=S(=O)(Nc1ccncc1)c1cc(Cl)c(Br)s1. The average Bonchev–Trinajstić information content (AvgIpc) is 2.61. The normalized spacial score (nSPS) is 11.4. The molecule has 0 aromatic carbocycles. The van der Waals surface area contributed by atoms with Crippen LogP contribution in [-0.4, -0.2) is 13.4 Å². The number of nitrogens with one attached hydrogen (secondary N) is 1. The molecular weight excluding hydrogens is 348 g/mol. The van der Waals surface area contributed by atoms with E-state index in [4.69, 9.17) is 11.6 Å². The molecule has 1 N–H and O–H groups in total. The van der Waals surface area contributed by atoms with Gasteiger partial charge in [0.05, 0.1) is 14.5 Å². The second kappa shape index (κ2) is 4.93. The number of rotatable bonds is 3. The highest BCUT2D eigenvalue weighted by molar-refractivity contribution is 9.11. The first-order chi connectivity index (χ1) is 7.99. The summed E-state index contributed by atoms with van der Waals surface area (Å²) in [6, 6.07) is 4.55. The minimum atomic E-state index is -3.59. The molecule has 2 rings (SSSR count). The number of aromatic nitrogens is 1. The monoisotopic (exact) mass is 352 g/mol. The van der Waals surface area contributed by atoms with Crippen molar-refractivity contribution in [2.24, 2.45) is 0 Å². The van der Waals surface area contributed by atoms with Crippen LogP contribution in [-0.2, 0) is 10.0 Å². The highest BCUT2D eigenvalue weighted by Crippen LogP contribution is 2.35. The van der Waals surface area contributed by atoms with E-state index in [0.717, 1.165) is 11.3 Å². The predicted molar refractivity (Wildman–Crippen MR) is 72.1 cm³/mol.